The van der Waals surface area contributed by atoms with Crippen molar-refractivity contribution >= 4 is 17.0 Å². The van der Waals surface area contributed by atoms with Gasteiger partial charge in [-0.2, -0.15) is 0 Å². The predicted octanol–water partition coefficient (Wildman–Crippen LogP) is 1.09. The molecule has 2 saturated heterocycles. The normalized spacial score (nSPS) is 29.0. The van der Waals surface area contributed by atoms with E-state index in [1.807, 2.05) is 24.5 Å². The minimum Gasteiger partial charge on any atom is -0.481 e. The van der Waals surface area contributed by atoms with Crippen LogP contribution in [0.15, 0.2) is 24.5 Å². The molecule has 2 aromatic heterocycles. The summed E-state index contributed by atoms with van der Waals surface area (Å²) >= 11 is 0. The van der Waals surface area contributed by atoms with E-state index in [4.69, 9.17) is 4.74 Å². The fraction of sp³-hybridized carbons (Fsp3) is 0.467. The van der Waals surface area contributed by atoms with Crippen LogP contribution in [0.25, 0.3) is 11.0 Å². The molecule has 2 N–H and O–H groups in total. The molecule has 6 heteroatoms. The molecule has 21 heavy (non-hydrogen) atoms. The lowest BCUT2D eigenvalue weighted by Crippen LogP contribution is -2.27. The van der Waals surface area contributed by atoms with Crippen molar-refractivity contribution in [3.8, 4) is 0 Å². The molecule has 4 rings (SSSR count). The lowest BCUT2D eigenvalue weighted by atomic mass is 9.93. The Labute approximate surface area is 121 Å². The second-order valence-corrected chi connectivity index (χ2v) is 5.88. The zero-order chi connectivity index (χ0) is 14.4. The van der Waals surface area contributed by atoms with Gasteiger partial charge in [0, 0.05) is 43.3 Å². The van der Waals surface area contributed by atoms with Gasteiger partial charge in [-0.15, -0.1) is 0 Å². The van der Waals surface area contributed by atoms with Crippen LogP contribution >= 0.6 is 0 Å². The number of ether oxygens (including phenoxy) is 1. The first-order valence-corrected chi connectivity index (χ1v) is 7.20. The van der Waals surface area contributed by atoms with Crippen LogP contribution in [0.2, 0.25) is 0 Å². The minimum absolute atomic E-state index is 0.0645. The number of rotatable bonds is 3. The fourth-order valence-corrected chi connectivity index (χ4v) is 3.57. The summed E-state index contributed by atoms with van der Waals surface area (Å²) in [5.41, 5.74) is 2.11. The van der Waals surface area contributed by atoms with Crippen molar-refractivity contribution < 1.29 is 14.6 Å². The van der Waals surface area contributed by atoms with Gasteiger partial charge in [-0.05, 0) is 17.7 Å². The van der Waals surface area contributed by atoms with Gasteiger partial charge in [0.15, 0.2) is 0 Å². The Morgan fingerprint density at radius 2 is 2.38 bits per heavy atom. The van der Waals surface area contributed by atoms with Gasteiger partial charge in [-0.3, -0.25) is 9.69 Å². The van der Waals surface area contributed by atoms with Crippen molar-refractivity contribution in [1.29, 1.82) is 0 Å². The number of nitrogens with zero attached hydrogens (tertiary/aromatic N) is 2. The van der Waals surface area contributed by atoms with Gasteiger partial charge < -0.3 is 14.8 Å². The van der Waals surface area contributed by atoms with Crippen molar-refractivity contribution in [2.24, 2.45) is 11.8 Å². The zero-order valence-corrected chi connectivity index (χ0v) is 11.5. The Bertz CT molecular complexity index is 684. The van der Waals surface area contributed by atoms with E-state index < -0.39 is 5.97 Å². The van der Waals surface area contributed by atoms with E-state index in [0.29, 0.717) is 6.61 Å². The quantitative estimate of drug-likeness (QED) is 0.883. The Kier molecular flexibility index (Phi) is 2.94. The number of hydrogen-bond donors (Lipinski definition) is 2. The molecule has 2 aliphatic rings. The number of aromatic nitrogens is 2. The first-order valence-electron chi connectivity index (χ1n) is 7.20. The molecule has 0 aliphatic carbocycles. The standard InChI is InChI=1S/C15H17N3O3/c19-15(20)12-8-21-13-7-18(6-11(12)13)5-9-1-3-16-14-10(9)2-4-17-14/h1-4,11-13H,5-8H2,(H,16,17)(H,19,20)/t11-,12-,13-/m1/s1. The number of H-pyrrole nitrogens is 1. The van der Waals surface area contributed by atoms with Crippen molar-refractivity contribution in [1.82, 2.24) is 14.9 Å². The van der Waals surface area contributed by atoms with Crippen molar-refractivity contribution in [3.63, 3.8) is 0 Å². The molecular weight excluding hydrogens is 270 g/mol. The number of pyridine rings is 1. The van der Waals surface area contributed by atoms with Crippen LogP contribution in [0.5, 0.6) is 0 Å². The van der Waals surface area contributed by atoms with Gasteiger partial charge in [0.05, 0.1) is 18.6 Å². The van der Waals surface area contributed by atoms with Crippen LogP contribution in [-0.2, 0) is 16.1 Å². The molecule has 0 amide bonds. The summed E-state index contributed by atoms with van der Waals surface area (Å²) in [6.07, 6.45) is 3.76. The SMILES string of the molecule is O=C(O)[C@@H]1CO[C@@H]2CN(Cc3ccnc4[nH]ccc34)C[C@@H]21. The smallest absolute Gasteiger partial charge is 0.309 e. The van der Waals surface area contributed by atoms with Crippen molar-refractivity contribution in [2.75, 3.05) is 19.7 Å². The van der Waals surface area contributed by atoms with E-state index >= 15 is 0 Å². The number of carbonyl (C=O) groups is 1. The second kappa shape index (κ2) is 4.82. The summed E-state index contributed by atoms with van der Waals surface area (Å²) in [4.78, 5) is 20.9. The number of likely N-dealkylation sites (tertiary alicyclic amines) is 1. The second-order valence-electron chi connectivity index (χ2n) is 5.88. The molecule has 2 aromatic rings. The first-order chi connectivity index (χ1) is 10.2. The van der Waals surface area contributed by atoms with E-state index in [-0.39, 0.29) is 17.9 Å². The molecule has 0 saturated carbocycles. The fourth-order valence-electron chi connectivity index (χ4n) is 3.57. The van der Waals surface area contributed by atoms with Crippen LogP contribution in [0.3, 0.4) is 0 Å². The van der Waals surface area contributed by atoms with E-state index in [9.17, 15) is 9.90 Å². The molecule has 0 radical (unpaired) electrons. The highest BCUT2D eigenvalue weighted by Crippen LogP contribution is 2.34. The summed E-state index contributed by atoms with van der Waals surface area (Å²) in [5.74, 6) is -0.975. The number of hydrogen-bond acceptors (Lipinski definition) is 4. The van der Waals surface area contributed by atoms with E-state index in [2.05, 4.69) is 14.9 Å². The summed E-state index contributed by atoms with van der Waals surface area (Å²) < 4.78 is 5.65. The third-order valence-electron chi connectivity index (χ3n) is 4.65. The van der Waals surface area contributed by atoms with Crippen molar-refractivity contribution in [3.05, 3.63) is 30.1 Å². The van der Waals surface area contributed by atoms with E-state index in [0.717, 1.165) is 30.7 Å². The van der Waals surface area contributed by atoms with Gasteiger partial charge >= 0.3 is 5.97 Å². The molecule has 2 aliphatic heterocycles. The molecule has 3 atom stereocenters. The van der Waals surface area contributed by atoms with E-state index in [1.165, 1.54) is 5.56 Å². The third-order valence-corrected chi connectivity index (χ3v) is 4.65. The first kappa shape index (κ1) is 12.8. The Balaban J connectivity index is 1.52. The molecule has 110 valence electrons. The maximum Gasteiger partial charge on any atom is 0.309 e. The van der Waals surface area contributed by atoms with Gasteiger partial charge in [-0.1, -0.05) is 0 Å². The average molecular weight is 287 g/mol. The highest BCUT2D eigenvalue weighted by atomic mass is 16.5. The molecule has 2 fully saturated rings. The lowest BCUT2D eigenvalue weighted by molar-refractivity contribution is -0.142. The Morgan fingerprint density at radius 1 is 1.48 bits per heavy atom. The number of nitrogens with one attached hydrogen (secondary N) is 1. The van der Waals surface area contributed by atoms with Crippen LogP contribution in [0.4, 0.5) is 0 Å². The van der Waals surface area contributed by atoms with Crippen LogP contribution in [0.1, 0.15) is 5.56 Å². The highest BCUT2D eigenvalue weighted by Gasteiger charge is 2.46. The molecule has 0 unspecified atom stereocenters. The number of aliphatic carboxylic acids is 1. The molecule has 0 aromatic carbocycles. The van der Waals surface area contributed by atoms with Crippen LogP contribution in [-0.4, -0.2) is 51.7 Å². The molecule has 4 heterocycles. The summed E-state index contributed by atoms with van der Waals surface area (Å²) in [6, 6.07) is 4.06. The Hall–Kier alpha value is -1.92. The minimum atomic E-state index is -0.735. The average Bonchev–Trinajstić information content (AvgIpc) is 3.11. The van der Waals surface area contributed by atoms with Gasteiger partial charge in [-0.25, -0.2) is 4.98 Å². The van der Waals surface area contributed by atoms with E-state index in [1.54, 1.807) is 0 Å². The van der Waals surface area contributed by atoms with Gasteiger partial charge in [0.1, 0.15) is 5.65 Å². The Morgan fingerprint density at radius 3 is 3.24 bits per heavy atom. The maximum atomic E-state index is 11.2. The van der Waals surface area contributed by atoms with Crippen molar-refractivity contribution in [2.45, 2.75) is 12.6 Å². The zero-order valence-electron chi connectivity index (χ0n) is 11.5. The maximum absolute atomic E-state index is 11.2. The van der Waals surface area contributed by atoms with Gasteiger partial charge in [0.25, 0.3) is 0 Å². The summed E-state index contributed by atoms with van der Waals surface area (Å²) in [5, 5.41) is 10.4. The number of carboxylic acid groups (broad SMARTS) is 1. The van der Waals surface area contributed by atoms with Crippen LogP contribution < -0.4 is 0 Å². The summed E-state index contributed by atoms with van der Waals surface area (Å²) in [7, 11) is 0. The monoisotopic (exact) mass is 287 g/mol. The highest BCUT2D eigenvalue weighted by molar-refractivity contribution is 5.79. The third kappa shape index (κ3) is 2.11. The van der Waals surface area contributed by atoms with Gasteiger partial charge in [0.2, 0.25) is 0 Å². The molecule has 6 nitrogen and oxygen atoms in total. The summed E-state index contributed by atoms with van der Waals surface area (Å²) in [6.45, 7) is 2.76. The molecule has 0 spiro atoms. The largest absolute Gasteiger partial charge is 0.481 e. The molecular formula is C15H17N3O3. The topological polar surface area (TPSA) is 78.5 Å². The van der Waals surface area contributed by atoms with Crippen LogP contribution in [0, 0.1) is 11.8 Å². The number of carboxylic acids is 1. The molecule has 0 bridgehead atoms. The number of fused-ring (bicyclic) bond motifs is 2. The lowest BCUT2D eigenvalue weighted by Gasteiger charge is -2.18. The predicted molar refractivity (Wildman–Crippen MR) is 75.7 cm³/mol. The number of aromatic amines is 1.